The lowest BCUT2D eigenvalue weighted by atomic mass is 10.1. The Morgan fingerprint density at radius 3 is 2.32 bits per heavy atom. The van der Waals surface area contributed by atoms with Crippen molar-refractivity contribution >= 4 is 35.0 Å². The van der Waals surface area contributed by atoms with Crippen LogP contribution in [-0.4, -0.2) is 35.9 Å². The van der Waals surface area contributed by atoms with Gasteiger partial charge in [0.25, 0.3) is 5.91 Å². The number of hydrogen-bond acceptors (Lipinski definition) is 3. The molecular weight excluding hydrogens is 435 g/mol. The Balaban J connectivity index is 2.32. The number of carbonyl (C=O) groups is 2. The van der Waals surface area contributed by atoms with Crippen LogP contribution in [0.2, 0.25) is 10.0 Å². The number of hydrogen-bond donors (Lipinski definition) is 1. The van der Waals surface area contributed by atoms with Crippen LogP contribution in [0.25, 0.3) is 0 Å². The van der Waals surface area contributed by atoms with Crippen LogP contribution in [-0.2, 0) is 16.1 Å². The lowest BCUT2D eigenvalue weighted by Crippen LogP contribution is -2.50. The molecule has 0 aliphatic heterocycles. The summed E-state index contributed by atoms with van der Waals surface area (Å²) in [5, 5.41) is 3.70. The van der Waals surface area contributed by atoms with Crippen molar-refractivity contribution in [3.8, 4) is 5.75 Å². The highest BCUT2D eigenvalue weighted by Crippen LogP contribution is 2.28. The molecule has 1 unspecified atom stereocenters. The van der Waals surface area contributed by atoms with E-state index in [4.69, 9.17) is 27.9 Å². The molecule has 2 rings (SSSR count). The molecule has 31 heavy (non-hydrogen) atoms. The maximum absolute atomic E-state index is 13.3. The highest BCUT2D eigenvalue weighted by molar-refractivity contribution is 6.36. The van der Waals surface area contributed by atoms with Crippen molar-refractivity contribution < 1.29 is 14.3 Å². The second-order valence-corrected chi connectivity index (χ2v) is 8.35. The van der Waals surface area contributed by atoms with Crippen molar-refractivity contribution in [2.45, 2.75) is 53.6 Å². The van der Waals surface area contributed by atoms with Gasteiger partial charge in [-0.2, -0.15) is 0 Å². The average molecular weight is 465 g/mol. The average Bonchev–Trinajstić information content (AvgIpc) is 2.71. The lowest BCUT2D eigenvalue weighted by molar-refractivity contribution is -0.142. The summed E-state index contributed by atoms with van der Waals surface area (Å²) in [7, 11) is 0. The van der Waals surface area contributed by atoms with Crippen LogP contribution in [0, 0.1) is 20.8 Å². The van der Waals surface area contributed by atoms with Gasteiger partial charge in [-0.1, -0.05) is 42.3 Å². The molecule has 0 saturated carbocycles. The highest BCUT2D eigenvalue weighted by atomic mass is 35.5. The van der Waals surface area contributed by atoms with Crippen LogP contribution < -0.4 is 10.1 Å². The molecule has 0 fully saturated rings. The minimum absolute atomic E-state index is 0.113. The highest BCUT2D eigenvalue weighted by Gasteiger charge is 2.29. The number of nitrogens with zero attached hydrogens (tertiary/aromatic N) is 1. The van der Waals surface area contributed by atoms with E-state index in [0.29, 0.717) is 34.3 Å². The maximum atomic E-state index is 13.3. The van der Waals surface area contributed by atoms with Gasteiger partial charge >= 0.3 is 0 Å². The first-order valence-corrected chi connectivity index (χ1v) is 11.2. The number of amides is 2. The first-order chi connectivity index (χ1) is 14.7. The fourth-order valence-corrected chi connectivity index (χ4v) is 3.96. The van der Waals surface area contributed by atoms with Crippen molar-refractivity contribution in [3.63, 3.8) is 0 Å². The molecule has 2 aromatic rings. The largest absolute Gasteiger partial charge is 0.483 e. The van der Waals surface area contributed by atoms with Gasteiger partial charge < -0.3 is 15.0 Å². The summed E-state index contributed by atoms with van der Waals surface area (Å²) < 4.78 is 5.88. The van der Waals surface area contributed by atoms with Crippen LogP contribution in [0.15, 0.2) is 30.3 Å². The van der Waals surface area contributed by atoms with Gasteiger partial charge in [0, 0.05) is 28.7 Å². The maximum Gasteiger partial charge on any atom is 0.261 e. The Morgan fingerprint density at radius 2 is 1.74 bits per heavy atom. The van der Waals surface area contributed by atoms with Gasteiger partial charge in [-0.3, -0.25) is 9.59 Å². The van der Waals surface area contributed by atoms with E-state index in [9.17, 15) is 9.59 Å². The van der Waals surface area contributed by atoms with Crippen LogP contribution in [0.1, 0.15) is 42.5 Å². The van der Waals surface area contributed by atoms with Crippen LogP contribution in [0.5, 0.6) is 5.75 Å². The van der Waals surface area contributed by atoms with Gasteiger partial charge in [0.15, 0.2) is 6.61 Å². The summed E-state index contributed by atoms with van der Waals surface area (Å²) in [5.41, 5.74) is 3.73. The minimum Gasteiger partial charge on any atom is -0.483 e. The van der Waals surface area contributed by atoms with Crippen molar-refractivity contribution in [1.29, 1.82) is 0 Å². The van der Waals surface area contributed by atoms with Crippen LogP contribution in [0.3, 0.4) is 0 Å². The van der Waals surface area contributed by atoms with Gasteiger partial charge in [-0.15, -0.1) is 0 Å². The van der Waals surface area contributed by atoms with Gasteiger partial charge in [-0.25, -0.2) is 0 Å². The normalized spacial score (nSPS) is 11.7. The molecule has 0 heterocycles. The third-order valence-corrected chi connectivity index (χ3v) is 5.95. The van der Waals surface area contributed by atoms with E-state index in [1.165, 1.54) is 4.90 Å². The molecule has 0 aromatic heterocycles. The third-order valence-electron chi connectivity index (χ3n) is 5.24. The molecule has 7 heteroatoms. The smallest absolute Gasteiger partial charge is 0.261 e. The Morgan fingerprint density at radius 1 is 1.10 bits per heavy atom. The van der Waals surface area contributed by atoms with E-state index in [-0.39, 0.29) is 25.0 Å². The Labute approximate surface area is 194 Å². The predicted octanol–water partition coefficient (Wildman–Crippen LogP) is 5.24. The predicted molar refractivity (Wildman–Crippen MR) is 126 cm³/mol. The van der Waals surface area contributed by atoms with Crippen molar-refractivity contribution in [2.75, 3.05) is 13.2 Å². The van der Waals surface area contributed by atoms with Gasteiger partial charge in [-0.05, 0) is 69.0 Å². The summed E-state index contributed by atoms with van der Waals surface area (Å²) in [6.07, 6.45) is 0.447. The molecular formula is C24H30Cl2N2O3. The van der Waals surface area contributed by atoms with E-state index in [1.54, 1.807) is 18.2 Å². The zero-order valence-electron chi connectivity index (χ0n) is 18.7. The molecule has 0 radical (unpaired) electrons. The summed E-state index contributed by atoms with van der Waals surface area (Å²) >= 11 is 12.7. The van der Waals surface area contributed by atoms with E-state index in [0.717, 1.165) is 16.7 Å². The molecule has 0 saturated heterocycles. The quantitative estimate of drug-likeness (QED) is 0.551. The number of carbonyl (C=O) groups excluding carboxylic acids is 2. The molecule has 1 atom stereocenters. The SMILES string of the molecule is CCNC(=O)C(CC)N(Cc1c(Cl)cccc1Cl)C(=O)COc1cc(C)cc(C)c1C. The number of rotatable bonds is 9. The van der Waals surface area contributed by atoms with E-state index >= 15 is 0 Å². The number of benzene rings is 2. The molecule has 1 N–H and O–H groups in total. The Kier molecular flexibility index (Phi) is 9.20. The number of halogens is 2. The van der Waals surface area contributed by atoms with E-state index in [1.807, 2.05) is 40.7 Å². The summed E-state index contributed by atoms with van der Waals surface area (Å²) in [4.78, 5) is 27.5. The first-order valence-electron chi connectivity index (χ1n) is 10.4. The number of aryl methyl sites for hydroxylation is 2. The van der Waals surface area contributed by atoms with E-state index in [2.05, 4.69) is 11.4 Å². The van der Waals surface area contributed by atoms with Gasteiger partial charge in [0.2, 0.25) is 5.91 Å². The number of likely N-dealkylation sites (N-methyl/N-ethyl adjacent to an activating group) is 1. The molecule has 2 aromatic carbocycles. The second kappa shape index (κ2) is 11.4. The number of nitrogens with one attached hydrogen (secondary N) is 1. The summed E-state index contributed by atoms with van der Waals surface area (Å²) in [6, 6.07) is 8.49. The first kappa shape index (κ1) is 25.0. The van der Waals surface area contributed by atoms with Gasteiger partial charge in [0.05, 0.1) is 0 Å². The Hall–Kier alpha value is -2.24. The van der Waals surface area contributed by atoms with E-state index < -0.39 is 6.04 Å². The van der Waals surface area contributed by atoms with Crippen molar-refractivity contribution in [2.24, 2.45) is 0 Å². The van der Waals surface area contributed by atoms with Crippen molar-refractivity contribution in [3.05, 3.63) is 62.6 Å². The lowest BCUT2D eigenvalue weighted by Gasteiger charge is -2.31. The van der Waals surface area contributed by atoms with Crippen LogP contribution >= 0.6 is 23.2 Å². The molecule has 0 aliphatic carbocycles. The minimum atomic E-state index is -0.663. The zero-order chi connectivity index (χ0) is 23.1. The molecule has 5 nitrogen and oxygen atoms in total. The monoisotopic (exact) mass is 464 g/mol. The topological polar surface area (TPSA) is 58.6 Å². The van der Waals surface area contributed by atoms with Crippen LogP contribution in [0.4, 0.5) is 0 Å². The third kappa shape index (κ3) is 6.37. The Bertz CT molecular complexity index is 926. The molecule has 0 bridgehead atoms. The molecule has 168 valence electrons. The number of ether oxygens (including phenoxy) is 1. The molecule has 0 spiro atoms. The fraction of sp³-hybridized carbons (Fsp3) is 0.417. The molecule has 2 amide bonds. The second-order valence-electron chi connectivity index (χ2n) is 7.53. The standard InChI is InChI=1S/C24H30Cl2N2O3/c1-6-21(24(30)27-7-2)28(13-18-19(25)9-8-10-20(18)26)23(29)14-31-22-12-15(3)11-16(4)17(22)5/h8-12,21H,6-7,13-14H2,1-5H3,(H,27,30). The fourth-order valence-electron chi connectivity index (χ4n) is 3.44. The molecule has 0 aliphatic rings. The van der Waals surface area contributed by atoms with Gasteiger partial charge in [0.1, 0.15) is 11.8 Å². The zero-order valence-corrected chi connectivity index (χ0v) is 20.2. The summed E-state index contributed by atoms with van der Waals surface area (Å²) in [5.74, 6) is 0.129. The summed E-state index contributed by atoms with van der Waals surface area (Å²) in [6.45, 7) is 10.0. The van der Waals surface area contributed by atoms with Crippen molar-refractivity contribution in [1.82, 2.24) is 10.2 Å².